The number of aromatic nitrogens is 2. The lowest BCUT2D eigenvalue weighted by Crippen LogP contribution is -2.15. The van der Waals surface area contributed by atoms with Crippen LogP contribution >= 0.6 is 11.6 Å². The van der Waals surface area contributed by atoms with Crippen LogP contribution in [0.1, 0.15) is 5.56 Å². The highest BCUT2D eigenvalue weighted by Gasteiger charge is 2.19. The van der Waals surface area contributed by atoms with Gasteiger partial charge in [-0.25, -0.2) is 23.1 Å². The number of sulfonamides is 1. The third kappa shape index (κ3) is 4.70. The monoisotopic (exact) mass is 462 g/mol. The van der Waals surface area contributed by atoms with Gasteiger partial charge in [0.1, 0.15) is 17.6 Å². The van der Waals surface area contributed by atoms with Crippen molar-refractivity contribution in [3.8, 4) is 28.7 Å². The van der Waals surface area contributed by atoms with E-state index in [2.05, 4.69) is 14.7 Å². The van der Waals surface area contributed by atoms with Crippen molar-refractivity contribution in [2.24, 2.45) is 0 Å². The van der Waals surface area contributed by atoms with Gasteiger partial charge in [-0.3, -0.25) is 0 Å². The van der Waals surface area contributed by atoms with E-state index in [0.717, 1.165) is 11.1 Å². The Labute approximate surface area is 190 Å². The van der Waals surface area contributed by atoms with Crippen LogP contribution in [0.25, 0.3) is 11.1 Å². The number of halogens is 1. The van der Waals surface area contributed by atoms with Crippen molar-refractivity contribution in [2.45, 2.75) is 4.90 Å². The van der Waals surface area contributed by atoms with E-state index in [1.807, 2.05) is 54.6 Å². The first kappa shape index (κ1) is 21.3. The topological polar surface area (TPSA) is 105 Å². The molecular weight excluding hydrogens is 448 g/mol. The van der Waals surface area contributed by atoms with E-state index in [-0.39, 0.29) is 27.2 Å². The number of hydrogen-bond acceptors (Lipinski definition) is 6. The number of anilines is 1. The highest BCUT2D eigenvalue weighted by Crippen LogP contribution is 2.35. The molecule has 0 saturated carbocycles. The Morgan fingerprint density at radius 2 is 1.59 bits per heavy atom. The summed E-state index contributed by atoms with van der Waals surface area (Å²) in [6.45, 7) is 0. The van der Waals surface area contributed by atoms with Crippen LogP contribution in [-0.4, -0.2) is 18.4 Å². The van der Waals surface area contributed by atoms with Gasteiger partial charge in [0, 0.05) is 5.56 Å². The molecule has 0 aliphatic rings. The summed E-state index contributed by atoms with van der Waals surface area (Å²) in [5.74, 6) is 0.640. The normalized spacial score (nSPS) is 10.9. The van der Waals surface area contributed by atoms with Gasteiger partial charge < -0.3 is 4.74 Å². The predicted molar refractivity (Wildman–Crippen MR) is 121 cm³/mol. The summed E-state index contributed by atoms with van der Waals surface area (Å²) in [5, 5.41) is 9.88. The van der Waals surface area contributed by atoms with Crippen molar-refractivity contribution in [1.82, 2.24) is 9.97 Å². The van der Waals surface area contributed by atoms with E-state index in [4.69, 9.17) is 16.3 Å². The second-order valence-corrected chi connectivity index (χ2v) is 8.68. The number of para-hydroxylation sites is 1. The molecule has 0 aliphatic carbocycles. The smallest absolute Gasteiger partial charge is 0.264 e. The average Bonchev–Trinajstić information content (AvgIpc) is 2.81. The summed E-state index contributed by atoms with van der Waals surface area (Å²) < 4.78 is 33.6. The van der Waals surface area contributed by atoms with Gasteiger partial charge in [-0.05, 0) is 29.8 Å². The van der Waals surface area contributed by atoms with E-state index >= 15 is 0 Å². The molecule has 0 fully saturated rings. The number of rotatable bonds is 6. The summed E-state index contributed by atoms with van der Waals surface area (Å²) in [5.41, 5.74) is 1.86. The van der Waals surface area contributed by atoms with Crippen LogP contribution in [0.15, 0.2) is 90.1 Å². The zero-order valence-electron chi connectivity index (χ0n) is 16.4. The third-order valence-electron chi connectivity index (χ3n) is 4.42. The van der Waals surface area contributed by atoms with Crippen LogP contribution in [0.4, 0.5) is 5.95 Å². The molecule has 9 heteroatoms. The number of nitrogens with zero attached hydrogens (tertiary/aromatic N) is 3. The maximum atomic E-state index is 12.7. The standard InChI is InChI=1S/C23H15ClN4O3S/c24-18-14-26-23(27-15-18)28-32(29,30)19-10-11-21(17(12-19)13-25)31-22-9-5-4-8-20(22)16-6-2-1-3-7-16/h1-12,14-15H,(H,26,27,28). The quantitative estimate of drug-likeness (QED) is 0.419. The number of benzene rings is 3. The number of nitrogens with one attached hydrogen (secondary N) is 1. The van der Waals surface area contributed by atoms with Crippen molar-refractivity contribution in [1.29, 1.82) is 5.26 Å². The van der Waals surface area contributed by atoms with Crippen LogP contribution in [0.3, 0.4) is 0 Å². The Balaban J connectivity index is 1.64. The van der Waals surface area contributed by atoms with Gasteiger partial charge in [-0.1, -0.05) is 60.1 Å². The summed E-state index contributed by atoms with van der Waals surface area (Å²) in [6, 6.07) is 23.1. The largest absolute Gasteiger partial charge is 0.455 e. The molecule has 1 aromatic heterocycles. The molecule has 0 radical (unpaired) electrons. The average molecular weight is 463 g/mol. The first-order valence-electron chi connectivity index (χ1n) is 9.33. The van der Waals surface area contributed by atoms with Crippen LogP contribution in [-0.2, 0) is 10.0 Å². The van der Waals surface area contributed by atoms with Crippen LogP contribution < -0.4 is 9.46 Å². The maximum absolute atomic E-state index is 12.7. The van der Waals surface area contributed by atoms with Crippen LogP contribution in [0.5, 0.6) is 11.5 Å². The predicted octanol–water partition coefficient (Wildman–Crippen LogP) is 5.26. The van der Waals surface area contributed by atoms with Crippen molar-refractivity contribution < 1.29 is 13.2 Å². The molecule has 7 nitrogen and oxygen atoms in total. The molecule has 4 aromatic rings. The Morgan fingerprint density at radius 3 is 2.31 bits per heavy atom. The second-order valence-electron chi connectivity index (χ2n) is 6.56. The Bertz CT molecular complexity index is 1400. The highest BCUT2D eigenvalue weighted by atomic mass is 35.5. The number of nitriles is 1. The van der Waals surface area contributed by atoms with Gasteiger partial charge in [0.05, 0.1) is 27.9 Å². The molecule has 1 heterocycles. The minimum Gasteiger partial charge on any atom is -0.455 e. The molecule has 0 unspecified atom stereocenters. The summed E-state index contributed by atoms with van der Waals surface area (Å²) in [4.78, 5) is 7.51. The van der Waals surface area contributed by atoms with E-state index in [1.165, 1.54) is 30.6 Å². The maximum Gasteiger partial charge on any atom is 0.264 e. The number of hydrogen-bond donors (Lipinski definition) is 1. The molecular formula is C23H15ClN4O3S. The van der Waals surface area contributed by atoms with E-state index in [0.29, 0.717) is 5.75 Å². The van der Waals surface area contributed by atoms with Gasteiger partial charge in [-0.15, -0.1) is 0 Å². The molecule has 0 amide bonds. The summed E-state index contributed by atoms with van der Waals surface area (Å²) >= 11 is 5.72. The Hall–Kier alpha value is -3.93. The number of ether oxygens (including phenoxy) is 1. The molecule has 0 atom stereocenters. The van der Waals surface area contributed by atoms with Gasteiger partial charge >= 0.3 is 0 Å². The van der Waals surface area contributed by atoms with Gasteiger partial charge in [0.25, 0.3) is 10.0 Å². The fraction of sp³-hybridized carbons (Fsp3) is 0. The SMILES string of the molecule is N#Cc1cc(S(=O)(=O)Nc2ncc(Cl)cn2)ccc1Oc1ccccc1-c1ccccc1. The molecule has 0 saturated heterocycles. The van der Waals surface area contributed by atoms with Crippen molar-refractivity contribution in [3.05, 3.63) is 95.8 Å². The van der Waals surface area contributed by atoms with E-state index < -0.39 is 10.0 Å². The third-order valence-corrected chi connectivity index (χ3v) is 5.94. The minimum absolute atomic E-state index is 0.0627. The molecule has 1 N–H and O–H groups in total. The lowest BCUT2D eigenvalue weighted by molar-refractivity contribution is 0.482. The van der Waals surface area contributed by atoms with Crippen LogP contribution in [0, 0.1) is 11.3 Å². The van der Waals surface area contributed by atoms with Crippen molar-refractivity contribution >= 4 is 27.6 Å². The zero-order chi connectivity index (χ0) is 22.6. The Morgan fingerprint density at radius 1 is 0.906 bits per heavy atom. The Kier molecular flexibility index (Phi) is 6.03. The molecule has 4 rings (SSSR count). The summed E-state index contributed by atoms with van der Waals surface area (Å²) in [7, 11) is -4.02. The first-order chi connectivity index (χ1) is 15.5. The molecule has 0 aliphatic heterocycles. The molecule has 0 bridgehead atoms. The summed E-state index contributed by atoms with van der Waals surface area (Å²) in [6.07, 6.45) is 2.54. The van der Waals surface area contributed by atoms with Crippen LogP contribution in [0.2, 0.25) is 5.02 Å². The molecule has 0 spiro atoms. The van der Waals surface area contributed by atoms with E-state index in [9.17, 15) is 13.7 Å². The lowest BCUT2D eigenvalue weighted by Gasteiger charge is -2.13. The molecule has 158 valence electrons. The minimum atomic E-state index is -4.02. The van der Waals surface area contributed by atoms with Gasteiger partial charge in [0.2, 0.25) is 5.95 Å². The van der Waals surface area contributed by atoms with Gasteiger partial charge in [0.15, 0.2) is 0 Å². The first-order valence-corrected chi connectivity index (χ1v) is 11.2. The van der Waals surface area contributed by atoms with Gasteiger partial charge in [-0.2, -0.15) is 5.26 Å². The molecule has 3 aromatic carbocycles. The fourth-order valence-electron chi connectivity index (χ4n) is 2.93. The fourth-order valence-corrected chi connectivity index (χ4v) is 4.01. The zero-order valence-corrected chi connectivity index (χ0v) is 18.0. The van der Waals surface area contributed by atoms with Crippen molar-refractivity contribution in [3.63, 3.8) is 0 Å². The second kappa shape index (κ2) is 9.06. The van der Waals surface area contributed by atoms with Crippen molar-refractivity contribution in [2.75, 3.05) is 4.72 Å². The molecule has 32 heavy (non-hydrogen) atoms. The van der Waals surface area contributed by atoms with E-state index in [1.54, 1.807) is 6.07 Å². The highest BCUT2D eigenvalue weighted by molar-refractivity contribution is 7.92. The lowest BCUT2D eigenvalue weighted by atomic mass is 10.0.